The van der Waals surface area contributed by atoms with Crippen LogP contribution in [0.2, 0.25) is 0 Å². The van der Waals surface area contributed by atoms with E-state index >= 15 is 0 Å². The van der Waals surface area contributed by atoms with Crippen molar-refractivity contribution in [1.29, 1.82) is 0 Å². The van der Waals surface area contributed by atoms with Crippen LogP contribution in [0.25, 0.3) is 16.9 Å². The summed E-state index contributed by atoms with van der Waals surface area (Å²) in [6.07, 6.45) is 2.80. The molecule has 11 heteroatoms. The summed E-state index contributed by atoms with van der Waals surface area (Å²) in [4.78, 5) is 18.3. The third-order valence-electron chi connectivity index (χ3n) is 8.01. The standard InChI is InChI=1S/C29H39F2N7O2/c1-3-36(18-20(2)19-39)22-10-8-21(9-11-22)17-32-29-34-25(37-12-14-40-15-13-37)16-26(35-29)38-24-7-5-4-6-23(24)33-28(38)27(30)31/h4-7,16,19,21-22,27,39H,3,8-15,17-18H2,1-2H3,(H,32,34,35)/b20-19+. The Bertz CT molecular complexity index is 1300. The molecule has 2 aromatic heterocycles. The van der Waals surface area contributed by atoms with Gasteiger partial charge in [-0.3, -0.25) is 9.47 Å². The molecule has 2 N–H and O–H groups in total. The summed E-state index contributed by atoms with van der Waals surface area (Å²) in [5.74, 6) is 1.62. The highest BCUT2D eigenvalue weighted by Crippen LogP contribution is 2.31. The number of para-hydroxylation sites is 2. The third kappa shape index (κ3) is 6.36. The maximum absolute atomic E-state index is 14.1. The second kappa shape index (κ2) is 12.9. The van der Waals surface area contributed by atoms with Crippen LogP contribution < -0.4 is 10.2 Å². The van der Waals surface area contributed by atoms with Gasteiger partial charge in [-0.25, -0.2) is 13.8 Å². The number of ether oxygens (including phenoxy) is 1. The number of imidazole rings is 1. The van der Waals surface area contributed by atoms with Crippen molar-refractivity contribution < 1.29 is 18.6 Å². The molecule has 3 heterocycles. The van der Waals surface area contributed by atoms with E-state index in [0.717, 1.165) is 44.3 Å². The predicted molar refractivity (Wildman–Crippen MR) is 153 cm³/mol. The number of morpholine rings is 1. The number of hydrogen-bond acceptors (Lipinski definition) is 8. The van der Waals surface area contributed by atoms with Gasteiger partial charge in [-0.05, 0) is 62.8 Å². The molecule has 0 atom stereocenters. The molecule has 5 rings (SSSR count). The average Bonchev–Trinajstić information content (AvgIpc) is 3.39. The van der Waals surface area contributed by atoms with Crippen LogP contribution in [0, 0.1) is 5.92 Å². The molecular formula is C29H39F2N7O2. The number of aliphatic hydroxyl groups excluding tert-OH is 1. The van der Waals surface area contributed by atoms with Crippen LogP contribution in [-0.4, -0.2) is 81.5 Å². The fourth-order valence-electron chi connectivity index (χ4n) is 5.81. The Morgan fingerprint density at radius 1 is 1.12 bits per heavy atom. The van der Waals surface area contributed by atoms with Gasteiger partial charge in [-0.1, -0.05) is 19.1 Å². The lowest BCUT2D eigenvalue weighted by Gasteiger charge is -2.36. The molecule has 40 heavy (non-hydrogen) atoms. The summed E-state index contributed by atoms with van der Waals surface area (Å²) in [5.41, 5.74) is 2.06. The van der Waals surface area contributed by atoms with E-state index in [0.29, 0.717) is 73.4 Å². The van der Waals surface area contributed by atoms with Crippen LogP contribution in [-0.2, 0) is 4.74 Å². The number of fused-ring (bicyclic) bond motifs is 1. The molecule has 216 valence electrons. The second-order valence-electron chi connectivity index (χ2n) is 10.7. The molecule has 1 aliphatic carbocycles. The van der Waals surface area contributed by atoms with Crippen molar-refractivity contribution in [2.45, 2.75) is 52.0 Å². The minimum Gasteiger partial charge on any atom is -0.516 e. The van der Waals surface area contributed by atoms with Crippen LogP contribution in [0.15, 0.2) is 42.2 Å². The lowest BCUT2D eigenvalue weighted by Crippen LogP contribution is -2.39. The van der Waals surface area contributed by atoms with Crippen molar-refractivity contribution >= 4 is 22.8 Å². The number of rotatable bonds is 10. The van der Waals surface area contributed by atoms with Gasteiger partial charge in [0.1, 0.15) is 11.6 Å². The molecule has 2 aliphatic rings. The number of hydrogen-bond donors (Lipinski definition) is 2. The first-order chi connectivity index (χ1) is 19.5. The number of anilines is 2. The SMILES string of the molecule is CCN(C/C(C)=C/O)C1CCC(CNc2nc(N3CCOCC3)cc(-n3c(C(F)F)nc4ccccc43)n2)CC1. The first kappa shape index (κ1) is 28.2. The van der Waals surface area contributed by atoms with E-state index in [1.807, 2.05) is 13.0 Å². The molecule has 0 spiro atoms. The minimum absolute atomic E-state index is 0.330. The number of alkyl halides is 2. The molecule has 0 amide bonds. The molecule has 0 bridgehead atoms. The zero-order chi connectivity index (χ0) is 28.1. The van der Waals surface area contributed by atoms with Crippen molar-refractivity contribution in [3.05, 3.63) is 48.0 Å². The smallest absolute Gasteiger partial charge is 0.296 e. The third-order valence-corrected chi connectivity index (χ3v) is 8.01. The topological polar surface area (TPSA) is 91.6 Å². The molecule has 1 aromatic carbocycles. The first-order valence-corrected chi connectivity index (χ1v) is 14.2. The number of halogens is 2. The Hall–Kier alpha value is -3.31. The number of benzene rings is 1. The monoisotopic (exact) mass is 555 g/mol. The second-order valence-corrected chi connectivity index (χ2v) is 10.7. The lowest BCUT2D eigenvalue weighted by molar-refractivity contribution is 0.122. The van der Waals surface area contributed by atoms with Crippen LogP contribution >= 0.6 is 0 Å². The minimum atomic E-state index is -2.75. The van der Waals surface area contributed by atoms with Crippen LogP contribution in [0.3, 0.4) is 0 Å². The Labute approximate surface area is 233 Å². The van der Waals surface area contributed by atoms with Gasteiger partial charge in [0.25, 0.3) is 6.43 Å². The summed E-state index contributed by atoms with van der Waals surface area (Å²) in [7, 11) is 0. The quantitative estimate of drug-likeness (QED) is 0.324. The lowest BCUT2D eigenvalue weighted by atomic mass is 9.85. The van der Waals surface area contributed by atoms with Gasteiger partial charge in [0.15, 0.2) is 5.82 Å². The van der Waals surface area contributed by atoms with Crippen molar-refractivity contribution in [2.75, 3.05) is 56.2 Å². The molecule has 0 unspecified atom stereocenters. The maximum atomic E-state index is 14.1. The zero-order valence-corrected chi connectivity index (χ0v) is 23.3. The van der Waals surface area contributed by atoms with Crippen molar-refractivity contribution in [3.8, 4) is 5.82 Å². The van der Waals surface area contributed by atoms with Gasteiger partial charge in [-0.15, -0.1) is 0 Å². The number of aromatic nitrogens is 4. The normalized spacial score (nSPS) is 20.6. The molecule has 2 fully saturated rings. The van der Waals surface area contributed by atoms with E-state index in [9.17, 15) is 13.9 Å². The van der Waals surface area contributed by atoms with Gasteiger partial charge in [0.2, 0.25) is 5.95 Å². The van der Waals surface area contributed by atoms with E-state index < -0.39 is 6.43 Å². The number of nitrogens with one attached hydrogen (secondary N) is 1. The molecule has 0 radical (unpaired) electrons. The van der Waals surface area contributed by atoms with E-state index in [1.165, 1.54) is 10.8 Å². The fourth-order valence-corrected chi connectivity index (χ4v) is 5.81. The molecule has 9 nitrogen and oxygen atoms in total. The fraction of sp³-hybridized carbons (Fsp3) is 0.552. The molecular weight excluding hydrogens is 516 g/mol. The average molecular weight is 556 g/mol. The van der Waals surface area contributed by atoms with E-state index in [-0.39, 0.29) is 5.82 Å². The summed E-state index contributed by atoms with van der Waals surface area (Å²) in [6, 6.07) is 9.40. The Kier molecular flexibility index (Phi) is 9.11. The Morgan fingerprint density at radius 2 is 1.85 bits per heavy atom. The van der Waals surface area contributed by atoms with E-state index in [4.69, 9.17) is 14.7 Å². The van der Waals surface area contributed by atoms with Crippen molar-refractivity contribution in [1.82, 2.24) is 24.4 Å². The number of nitrogens with zero attached hydrogens (tertiary/aromatic N) is 6. The van der Waals surface area contributed by atoms with Crippen molar-refractivity contribution in [3.63, 3.8) is 0 Å². The highest BCUT2D eigenvalue weighted by Gasteiger charge is 2.26. The summed E-state index contributed by atoms with van der Waals surface area (Å²) in [5, 5.41) is 12.7. The van der Waals surface area contributed by atoms with Gasteiger partial charge in [0, 0.05) is 38.3 Å². The van der Waals surface area contributed by atoms with Gasteiger partial charge in [-0.2, -0.15) is 9.97 Å². The predicted octanol–water partition coefficient (Wildman–Crippen LogP) is 5.34. The van der Waals surface area contributed by atoms with Crippen LogP contribution in [0.1, 0.15) is 51.8 Å². The summed E-state index contributed by atoms with van der Waals surface area (Å²) < 4.78 is 35.2. The number of likely N-dealkylation sites (N-methyl/N-ethyl adjacent to an activating group) is 1. The molecule has 1 saturated heterocycles. The Balaban J connectivity index is 1.36. The zero-order valence-electron chi connectivity index (χ0n) is 23.3. The molecule has 3 aromatic rings. The van der Waals surface area contributed by atoms with Gasteiger partial charge in [0.05, 0.1) is 30.5 Å². The van der Waals surface area contributed by atoms with Crippen molar-refractivity contribution in [2.24, 2.45) is 5.92 Å². The largest absolute Gasteiger partial charge is 0.516 e. The molecule has 1 saturated carbocycles. The highest BCUT2D eigenvalue weighted by atomic mass is 19.3. The first-order valence-electron chi connectivity index (χ1n) is 14.2. The highest BCUT2D eigenvalue weighted by molar-refractivity contribution is 5.78. The van der Waals surface area contributed by atoms with Crippen LogP contribution in [0.4, 0.5) is 20.5 Å². The number of aliphatic hydroxyl groups is 1. The van der Waals surface area contributed by atoms with E-state index in [1.54, 1.807) is 24.3 Å². The summed E-state index contributed by atoms with van der Waals surface area (Å²) in [6.45, 7) is 9.09. The van der Waals surface area contributed by atoms with Gasteiger partial charge >= 0.3 is 0 Å². The maximum Gasteiger partial charge on any atom is 0.296 e. The van der Waals surface area contributed by atoms with Crippen LogP contribution in [0.5, 0.6) is 0 Å². The molecule has 1 aliphatic heterocycles. The summed E-state index contributed by atoms with van der Waals surface area (Å²) >= 11 is 0. The Morgan fingerprint density at radius 3 is 2.55 bits per heavy atom. The van der Waals surface area contributed by atoms with Gasteiger partial charge < -0.3 is 20.1 Å². The van der Waals surface area contributed by atoms with E-state index in [2.05, 4.69) is 27.0 Å².